The monoisotopic (exact) mass is 388 g/mol. The number of hydrogen-bond donors (Lipinski definition) is 1. The summed E-state index contributed by atoms with van der Waals surface area (Å²) in [6.07, 6.45) is 1.81. The Balaban J connectivity index is 1.51. The smallest absolute Gasteiger partial charge is 0.317 e. The van der Waals surface area contributed by atoms with Gasteiger partial charge in [-0.3, -0.25) is 4.90 Å². The summed E-state index contributed by atoms with van der Waals surface area (Å²) in [5.41, 5.74) is 0.326. The Morgan fingerprint density at radius 3 is 2.60 bits per heavy atom. The molecule has 2 aliphatic rings. The lowest BCUT2D eigenvalue weighted by Gasteiger charge is -2.28. The number of nitrogens with one attached hydrogen (secondary N) is 1. The number of halogens is 3. The van der Waals surface area contributed by atoms with Gasteiger partial charge in [-0.1, -0.05) is 0 Å². The summed E-state index contributed by atoms with van der Waals surface area (Å²) < 4.78 is 38.5. The summed E-state index contributed by atoms with van der Waals surface area (Å²) >= 11 is 2.34. The van der Waals surface area contributed by atoms with Crippen LogP contribution in [-0.2, 0) is 19.3 Å². The van der Waals surface area contributed by atoms with Crippen molar-refractivity contribution < 1.29 is 13.2 Å². The van der Waals surface area contributed by atoms with E-state index in [0.29, 0.717) is 29.6 Å². The lowest BCUT2D eigenvalue weighted by Crippen LogP contribution is -2.35. The zero-order chi connectivity index (χ0) is 17.5. The first-order valence-corrected chi connectivity index (χ1v) is 10.0. The molecular formula is C16H19F3N4S2. The topological polar surface area (TPSA) is 41.1 Å². The number of thiazole rings is 2. The Morgan fingerprint density at radius 1 is 1.20 bits per heavy atom. The van der Waals surface area contributed by atoms with E-state index in [1.807, 2.05) is 5.38 Å². The van der Waals surface area contributed by atoms with Crippen LogP contribution in [0.2, 0.25) is 0 Å². The highest BCUT2D eigenvalue weighted by Crippen LogP contribution is 2.56. The van der Waals surface area contributed by atoms with Gasteiger partial charge in [0.2, 0.25) is 0 Å². The van der Waals surface area contributed by atoms with Crippen molar-refractivity contribution in [2.75, 3.05) is 13.1 Å². The van der Waals surface area contributed by atoms with Crippen molar-refractivity contribution in [2.24, 2.45) is 5.41 Å². The lowest BCUT2D eigenvalue weighted by molar-refractivity contribution is -0.134. The fourth-order valence-electron chi connectivity index (χ4n) is 3.77. The molecule has 4 nitrogen and oxygen atoms in total. The number of piperidine rings is 1. The van der Waals surface area contributed by atoms with Gasteiger partial charge in [0, 0.05) is 17.6 Å². The van der Waals surface area contributed by atoms with Crippen LogP contribution in [0, 0.1) is 5.41 Å². The third-order valence-corrected chi connectivity index (χ3v) is 6.97. The van der Waals surface area contributed by atoms with Crippen LogP contribution in [0.25, 0.3) is 0 Å². The SMILES string of the molecule is FC(F)(F)c1cnc(CN(Cc2nccs2)C2CC23CCNCC3)s1. The van der Waals surface area contributed by atoms with Gasteiger partial charge in [0.05, 0.1) is 19.3 Å². The van der Waals surface area contributed by atoms with Crippen molar-refractivity contribution in [1.29, 1.82) is 0 Å². The van der Waals surface area contributed by atoms with Gasteiger partial charge < -0.3 is 5.32 Å². The summed E-state index contributed by atoms with van der Waals surface area (Å²) in [6.45, 7) is 3.19. The zero-order valence-corrected chi connectivity index (χ0v) is 15.2. The Hall–Kier alpha value is -1.03. The largest absolute Gasteiger partial charge is 0.427 e. The van der Waals surface area contributed by atoms with E-state index in [-0.39, 0.29) is 0 Å². The Bertz CT molecular complexity index is 707. The van der Waals surface area contributed by atoms with Crippen LogP contribution in [0.1, 0.15) is 34.2 Å². The van der Waals surface area contributed by atoms with Crippen molar-refractivity contribution in [2.45, 2.75) is 44.6 Å². The average Bonchev–Trinajstić information content (AvgIpc) is 3.00. The molecule has 1 spiro atoms. The van der Waals surface area contributed by atoms with E-state index < -0.39 is 11.1 Å². The fourth-order valence-corrected chi connectivity index (χ4v) is 5.23. The predicted octanol–water partition coefficient (Wildman–Crippen LogP) is 3.76. The van der Waals surface area contributed by atoms with E-state index in [1.54, 1.807) is 17.5 Å². The predicted molar refractivity (Wildman–Crippen MR) is 91.4 cm³/mol. The first-order chi connectivity index (χ1) is 12.0. The van der Waals surface area contributed by atoms with Gasteiger partial charge >= 0.3 is 6.18 Å². The molecule has 1 aliphatic carbocycles. The summed E-state index contributed by atoms with van der Waals surface area (Å²) in [7, 11) is 0. The molecule has 0 bridgehead atoms. The van der Waals surface area contributed by atoms with Crippen LogP contribution in [0.4, 0.5) is 13.2 Å². The number of alkyl halides is 3. The highest BCUT2D eigenvalue weighted by Gasteiger charge is 2.56. The van der Waals surface area contributed by atoms with Crippen LogP contribution in [0.3, 0.4) is 0 Å². The van der Waals surface area contributed by atoms with Crippen molar-refractivity contribution >= 4 is 22.7 Å². The summed E-state index contributed by atoms with van der Waals surface area (Å²) in [5, 5.41) is 6.86. The molecule has 136 valence electrons. The zero-order valence-electron chi connectivity index (χ0n) is 13.6. The highest BCUT2D eigenvalue weighted by molar-refractivity contribution is 7.11. The van der Waals surface area contributed by atoms with E-state index in [9.17, 15) is 13.2 Å². The number of aromatic nitrogens is 2. The van der Waals surface area contributed by atoms with Gasteiger partial charge in [0.25, 0.3) is 0 Å². The van der Waals surface area contributed by atoms with Crippen LogP contribution >= 0.6 is 22.7 Å². The Labute approximate surface area is 152 Å². The molecule has 0 radical (unpaired) electrons. The maximum absolute atomic E-state index is 12.8. The maximum atomic E-state index is 12.8. The quantitative estimate of drug-likeness (QED) is 0.847. The second-order valence-electron chi connectivity index (χ2n) is 6.78. The van der Waals surface area contributed by atoms with Crippen molar-refractivity contribution in [3.8, 4) is 0 Å². The lowest BCUT2D eigenvalue weighted by atomic mass is 9.93. The molecule has 1 aliphatic heterocycles. The summed E-state index contributed by atoms with van der Waals surface area (Å²) in [4.78, 5) is 10.0. The number of hydrogen-bond acceptors (Lipinski definition) is 6. The summed E-state index contributed by atoms with van der Waals surface area (Å²) in [5.74, 6) is 0. The third-order valence-electron chi connectivity index (χ3n) is 5.18. The van der Waals surface area contributed by atoms with Gasteiger partial charge in [-0.2, -0.15) is 13.2 Å². The molecule has 2 aromatic heterocycles. The molecular weight excluding hydrogens is 369 g/mol. The standard InChI is InChI=1S/C16H19F3N4S2/c17-16(18,19)12-8-22-14(25-12)10-23(9-13-21-5-6-24-13)11-7-15(11)1-3-20-4-2-15/h5-6,8,11,20H,1-4,7,9-10H2. The molecule has 9 heteroatoms. The molecule has 1 unspecified atom stereocenters. The summed E-state index contributed by atoms with van der Waals surface area (Å²) in [6, 6.07) is 0.414. The van der Waals surface area contributed by atoms with Gasteiger partial charge in [-0.15, -0.1) is 22.7 Å². The molecule has 1 saturated heterocycles. The van der Waals surface area contributed by atoms with E-state index in [4.69, 9.17) is 0 Å². The molecule has 2 aromatic rings. The molecule has 1 N–H and O–H groups in total. The number of rotatable bonds is 5. The molecule has 25 heavy (non-hydrogen) atoms. The molecule has 2 fully saturated rings. The highest BCUT2D eigenvalue weighted by atomic mass is 32.1. The second-order valence-corrected chi connectivity index (χ2v) is 8.87. The molecule has 4 rings (SSSR count). The molecule has 0 aromatic carbocycles. The first kappa shape index (κ1) is 17.4. The van der Waals surface area contributed by atoms with Gasteiger partial charge in [-0.05, 0) is 37.8 Å². The van der Waals surface area contributed by atoms with Crippen LogP contribution in [-0.4, -0.2) is 34.0 Å². The fraction of sp³-hybridized carbons (Fsp3) is 0.625. The van der Waals surface area contributed by atoms with Gasteiger partial charge in [0.15, 0.2) is 0 Å². The number of nitrogens with zero attached hydrogens (tertiary/aromatic N) is 3. The van der Waals surface area contributed by atoms with Crippen molar-refractivity contribution in [3.05, 3.63) is 32.7 Å². The van der Waals surface area contributed by atoms with Crippen molar-refractivity contribution in [3.63, 3.8) is 0 Å². The molecule has 0 amide bonds. The second kappa shape index (κ2) is 6.61. The first-order valence-electron chi connectivity index (χ1n) is 8.31. The third kappa shape index (κ3) is 3.74. The Morgan fingerprint density at radius 2 is 1.96 bits per heavy atom. The minimum Gasteiger partial charge on any atom is -0.317 e. The maximum Gasteiger partial charge on any atom is 0.427 e. The van der Waals surface area contributed by atoms with E-state index in [0.717, 1.165) is 54.9 Å². The molecule has 1 atom stereocenters. The minimum atomic E-state index is -4.31. The van der Waals surface area contributed by atoms with Gasteiger partial charge in [0.1, 0.15) is 14.9 Å². The Kier molecular flexibility index (Phi) is 4.59. The van der Waals surface area contributed by atoms with Crippen LogP contribution < -0.4 is 5.32 Å². The van der Waals surface area contributed by atoms with Crippen LogP contribution in [0.5, 0.6) is 0 Å². The average molecular weight is 388 g/mol. The minimum absolute atomic E-state index is 0.326. The molecule has 1 saturated carbocycles. The molecule has 3 heterocycles. The normalized spacial score (nSPS) is 22.6. The van der Waals surface area contributed by atoms with Crippen LogP contribution in [0.15, 0.2) is 17.8 Å². The van der Waals surface area contributed by atoms with E-state index in [1.165, 1.54) is 0 Å². The van der Waals surface area contributed by atoms with Gasteiger partial charge in [-0.25, -0.2) is 9.97 Å². The van der Waals surface area contributed by atoms with Crippen molar-refractivity contribution in [1.82, 2.24) is 20.2 Å². The van der Waals surface area contributed by atoms with E-state index >= 15 is 0 Å². The van der Waals surface area contributed by atoms with E-state index in [2.05, 4.69) is 20.2 Å².